The lowest BCUT2D eigenvalue weighted by Gasteiger charge is -2.41. The number of hydrogen-bond donors (Lipinski definition) is 1. The number of rotatable bonds is 5. The fraction of sp³-hybridized carbons (Fsp3) is 0.609. The first kappa shape index (κ1) is 19.5. The maximum absolute atomic E-state index is 12.8. The van der Waals surface area contributed by atoms with Gasteiger partial charge in [0, 0.05) is 36.9 Å². The summed E-state index contributed by atoms with van der Waals surface area (Å²) in [6, 6.07) is 11.4. The summed E-state index contributed by atoms with van der Waals surface area (Å²) in [7, 11) is 2.21. The van der Waals surface area contributed by atoms with Gasteiger partial charge >= 0.3 is 0 Å². The number of aryl methyl sites for hydroxylation is 1. The molecule has 0 unspecified atom stereocenters. The third-order valence-electron chi connectivity index (χ3n) is 6.68. The molecule has 3 heterocycles. The van der Waals surface area contributed by atoms with Gasteiger partial charge in [0.25, 0.3) is 0 Å². The van der Waals surface area contributed by atoms with E-state index in [1.807, 2.05) is 0 Å². The summed E-state index contributed by atoms with van der Waals surface area (Å²) in [5.74, 6) is 0.391. The van der Waals surface area contributed by atoms with Crippen LogP contribution in [-0.4, -0.2) is 66.1 Å². The Morgan fingerprint density at radius 2 is 1.93 bits per heavy atom. The molecule has 1 aromatic carbocycles. The first-order valence-corrected chi connectivity index (χ1v) is 10.9. The van der Waals surface area contributed by atoms with Gasteiger partial charge in [0.05, 0.1) is 5.92 Å². The van der Waals surface area contributed by atoms with Crippen LogP contribution in [0.5, 0.6) is 0 Å². The average Bonchev–Trinajstić information content (AvgIpc) is 3.04. The Hall–Kier alpha value is -1.85. The summed E-state index contributed by atoms with van der Waals surface area (Å²) in [5, 5.41) is 4.49. The van der Waals surface area contributed by atoms with E-state index in [1.165, 1.54) is 42.5 Å². The van der Waals surface area contributed by atoms with E-state index in [-0.39, 0.29) is 11.8 Å². The van der Waals surface area contributed by atoms with Crippen LogP contribution in [0.2, 0.25) is 0 Å². The summed E-state index contributed by atoms with van der Waals surface area (Å²) in [6.45, 7) is 8.13. The second-order valence-electron chi connectivity index (χ2n) is 8.66. The van der Waals surface area contributed by atoms with Gasteiger partial charge in [-0.15, -0.1) is 0 Å². The Morgan fingerprint density at radius 1 is 1.14 bits per heavy atom. The third kappa shape index (κ3) is 4.26. The third-order valence-corrected chi connectivity index (χ3v) is 6.68. The molecule has 2 aliphatic rings. The highest BCUT2D eigenvalue weighted by Gasteiger charge is 2.30. The molecular weight excluding hydrogens is 348 g/mol. The summed E-state index contributed by atoms with van der Waals surface area (Å²) in [6.07, 6.45) is 4.65. The molecule has 152 valence electrons. The number of carbonyl (C=O) groups is 1. The fourth-order valence-corrected chi connectivity index (χ4v) is 4.99. The zero-order valence-corrected chi connectivity index (χ0v) is 17.4. The van der Waals surface area contributed by atoms with Gasteiger partial charge in [-0.05, 0) is 76.8 Å². The lowest BCUT2D eigenvalue weighted by Crippen LogP contribution is -2.50. The van der Waals surface area contributed by atoms with E-state index < -0.39 is 0 Å². The van der Waals surface area contributed by atoms with E-state index in [0.29, 0.717) is 12.6 Å². The number of amides is 1. The van der Waals surface area contributed by atoms with Gasteiger partial charge in [-0.25, -0.2) is 0 Å². The SMILES string of the molecule is Cc1cc2ccccc2n1CCNC(=O)[C@H]1CCCN(C2CCN(C)CC2)C1. The Kier molecular flexibility index (Phi) is 6.02. The minimum Gasteiger partial charge on any atom is -0.354 e. The Labute approximate surface area is 168 Å². The largest absolute Gasteiger partial charge is 0.354 e. The van der Waals surface area contributed by atoms with Gasteiger partial charge in [-0.3, -0.25) is 9.69 Å². The van der Waals surface area contributed by atoms with E-state index in [9.17, 15) is 4.79 Å². The van der Waals surface area contributed by atoms with Gasteiger partial charge in [0.1, 0.15) is 0 Å². The summed E-state index contributed by atoms with van der Waals surface area (Å²) < 4.78 is 2.31. The highest BCUT2D eigenvalue weighted by Crippen LogP contribution is 2.24. The van der Waals surface area contributed by atoms with Crippen molar-refractivity contribution < 1.29 is 4.79 Å². The number of nitrogens with one attached hydrogen (secondary N) is 1. The predicted octanol–water partition coefficient (Wildman–Crippen LogP) is 2.87. The predicted molar refractivity (Wildman–Crippen MR) is 115 cm³/mol. The molecule has 0 aliphatic carbocycles. The van der Waals surface area contributed by atoms with Crippen LogP contribution in [0.1, 0.15) is 31.4 Å². The molecule has 4 rings (SSSR count). The molecule has 0 radical (unpaired) electrons. The van der Waals surface area contributed by atoms with Crippen molar-refractivity contribution in [3.63, 3.8) is 0 Å². The maximum atomic E-state index is 12.8. The molecule has 5 heteroatoms. The van der Waals surface area contributed by atoms with E-state index in [1.54, 1.807) is 0 Å². The Balaban J connectivity index is 1.29. The summed E-state index contributed by atoms with van der Waals surface area (Å²) in [5.41, 5.74) is 2.50. The number of nitrogens with zero attached hydrogens (tertiary/aromatic N) is 3. The first-order chi connectivity index (χ1) is 13.6. The lowest BCUT2D eigenvalue weighted by atomic mass is 9.93. The normalized spacial score (nSPS) is 22.6. The van der Waals surface area contributed by atoms with Crippen LogP contribution in [0.3, 0.4) is 0 Å². The van der Waals surface area contributed by atoms with Crippen molar-refractivity contribution in [1.82, 2.24) is 19.7 Å². The van der Waals surface area contributed by atoms with Gasteiger partial charge in [-0.2, -0.15) is 0 Å². The standard InChI is InChI=1S/C23H34N4O/c1-18-16-19-6-3-4-8-22(19)27(18)15-11-24-23(28)20-7-5-12-26(17-20)21-9-13-25(2)14-10-21/h3-4,6,8,16,20-21H,5,7,9-15,17H2,1-2H3,(H,24,28)/t20-/m0/s1. The molecule has 2 aromatic rings. The molecule has 5 nitrogen and oxygen atoms in total. The van der Waals surface area contributed by atoms with Crippen molar-refractivity contribution in [2.45, 2.75) is 45.2 Å². The summed E-state index contributed by atoms with van der Waals surface area (Å²) >= 11 is 0. The summed E-state index contributed by atoms with van der Waals surface area (Å²) in [4.78, 5) is 17.8. The van der Waals surface area contributed by atoms with Crippen LogP contribution >= 0.6 is 0 Å². The van der Waals surface area contributed by atoms with Gasteiger partial charge in [0.15, 0.2) is 0 Å². The molecule has 0 bridgehead atoms. The minimum atomic E-state index is 0.149. The molecule has 2 aliphatic heterocycles. The molecule has 1 aromatic heterocycles. The van der Waals surface area contributed by atoms with Crippen molar-refractivity contribution in [3.8, 4) is 0 Å². The number of fused-ring (bicyclic) bond motifs is 1. The molecule has 1 atom stereocenters. The van der Waals surface area contributed by atoms with Gasteiger partial charge in [-0.1, -0.05) is 18.2 Å². The van der Waals surface area contributed by atoms with E-state index >= 15 is 0 Å². The fourth-order valence-electron chi connectivity index (χ4n) is 4.99. The first-order valence-electron chi connectivity index (χ1n) is 10.9. The molecule has 2 saturated heterocycles. The quantitative estimate of drug-likeness (QED) is 0.864. The number of piperidine rings is 2. The van der Waals surface area contributed by atoms with Crippen LogP contribution in [0, 0.1) is 12.8 Å². The molecule has 0 saturated carbocycles. The van der Waals surface area contributed by atoms with Crippen molar-refractivity contribution in [1.29, 1.82) is 0 Å². The molecule has 2 fully saturated rings. The minimum absolute atomic E-state index is 0.149. The number of benzene rings is 1. The van der Waals surface area contributed by atoms with Gasteiger partial charge < -0.3 is 14.8 Å². The van der Waals surface area contributed by atoms with E-state index in [0.717, 1.165) is 32.5 Å². The number of carbonyl (C=O) groups excluding carboxylic acids is 1. The monoisotopic (exact) mass is 382 g/mol. The second-order valence-corrected chi connectivity index (χ2v) is 8.66. The zero-order chi connectivity index (χ0) is 19.5. The highest BCUT2D eigenvalue weighted by atomic mass is 16.1. The van der Waals surface area contributed by atoms with Crippen molar-refractivity contribution in [3.05, 3.63) is 36.0 Å². The maximum Gasteiger partial charge on any atom is 0.224 e. The molecule has 1 N–H and O–H groups in total. The van der Waals surface area contributed by atoms with Crippen molar-refractivity contribution in [2.24, 2.45) is 5.92 Å². The second kappa shape index (κ2) is 8.66. The number of hydrogen-bond acceptors (Lipinski definition) is 3. The van der Waals surface area contributed by atoms with E-state index in [4.69, 9.17) is 0 Å². The molecular formula is C23H34N4O. The van der Waals surface area contributed by atoms with Crippen LogP contribution in [0.25, 0.3) is 10.9 Å². The lowest BCUT2D eigenvalue weighted by molar-refractivity contribution is -0.127. The van der Waals surface area contributed by atoms with Crippen LogP contribution < -0.4 is 5.32 Å². The van der Waals surface area contributed by atoms with Crippen molar-refractivity contribution >= 4 is 16.8 Å². The Morgan fingerprint density at radius 3 is 2.75 bits per heavy atom. The molecule has 1 amide bonds. The van der Waals surface area contributed by atoms with E-state index in [2.05, 4.69) is 64.0 Å². The van der Waals surface area contributed by atoms with Crippen molar-refractivity contribution in [2.75, 3.05) is 39.8 Å². The average molecular weight is 383 g/mol. The van der Waals surface area contributed by atoms with Crippen LogP contribution in [0.4, 0.5) is 0 Å². The molecule has 0 spiro atoms. The zero-order valence-electron chi connectivity index (χ0n) is 17.4. The topological polar surface area (TPSA) is 40.5 Å². The highest BCUT2D eigenvalue weighted by molar-refractivity contribution is 5.81. The van der Waals surface area contributed by atoms with Crippen LogP contribution in [-0.2, 0) is 11.3 Å². The van der Waals surface area contributed by atoms with Gasteiger partial charge in [0.2, 0.25) is 5.91 Å². The number of likely N-dealkylation sites (tertiary alicyclic amines) is 2. The Bertz CT molecular complexity index is 806. The van der Waals surface area contributed by atoms with Crippen LogP contribution in [0.15, 0.2) is 30.3 Å². The molecule has 28 heavy (non-hydrogen) atoms. The smallest absolute Gasteiger partial charge is 0.224 e. The number of para-hydroxylation sites is 1. The number of aromatic nitrogens is 1.